The molecule has 0 spiro atoms. The third-order valence-electron chi connectivity index (χ3n) is 6.20. The standard InChI is InChI=1S/C26H28N2O4/c1-30-15-16-32-23-13-12-18-7-2-3-9-20(18)24(23)25-27-22-11-5-4-10-21(22)26(29)28(25)17-19-8-6-14-31-19/h2-5,7,9-13,19,25,27H,6,8,14-17H2,1H3. The molecule has 2 aliphatic rings. The van der Waals surface area contributed by atoms with Gasteiger partial charge >= 0.3 is 0 Å². The van der Waals surface area contributed by atoms with Crippen LogP contribution in [0, 0.1) is 0 Å². The lowest BCUT2D eigenvalue weighted by Gasteiger charge is -2.40. The number of nitrogens with zero attached hydrogens (tertiary/aromatic N) is 1. The maximum Gasteiger partial charge on any atom is 0.257 e. The first-order valence-electron chi connectivity index (χ1n) is 11.2. The summed E-state index contributed by atoms with van der Waals surface area (Å²) < 4.78 is 17.2. The zero-order valence-corrected chi connectivity index (χ0v) is 18.3. The largest absolute Gasteiger partial charge is 0.491 e. The van der Waals surface area contributed by atoms with Gasteiger partial charge in [-0.1, -0.05) is 42.5 Å². The van der Waals surface area contributed by atoms with Gasteiger partial charge in [-0.3, -0.25) is 4.79 Å². The highest BCUT2D eigenvalue weighted by Crippen LogP contribution is 2.41. The molecule has 1 amide bonds. The molecule has 0 aliphatic carbocycles. The molecule has 1 saturated heterocycles. The number of carbonyl (C=O) groups is 1. The smallest absolute Gasteiger partial charge is 0.257 e. The summed E-state index contributed by atoms with van der Waals surface area (Å²) >= 11 is 0. The molecule has 3 aromatic rings. The molecule has 2 aliphatic heterocycles. The molecule has 0 saturated carbocycles. The molecule has 6 heteroatoms. The van der Waals surface area contributed by atoms with Crippen LogP contribution in [0.3, 0.4) is 0 Å². The summed E-state index contributed by atoms with van der Waals surface area (Å²) in [6, 6.07) is 20.0. The fraction of sp³-hybridized carbons (Fsp3) is 0.346. The summed E-state index contributed by atoms with van der Waals surface area (Å²) in [6.07, 6.45) is 1.66. The second-order valence-electron chi connectivity index (χ2n) is 8.22. The zero-order valence-electron chi connectivity index (χ0n) is 18.3. The van der Waals surface area contributed by atoms with Crippen LogP contribution >= 0.6 is 0 Å². The number of ether oxygens (including phenoxy) is 3. The molecule has 0 bridgehead atoms. The topological polar surface area (TPSA) is 60.0 Å². The van der Waals surface area contributed by atoms with Gasteiger partial charge in [-0.2, -0.15) is 0 Å². The van der Waals surface area contributed by atoms with Crippen LogP contribution in [0.2, 0.25) is 0 Å². The van der Waals surface area contributed by atoms with Crippen molar-refractivity contribution >= 4 is 22.4 Å². The van der Waals surface area contributed by atoms with Gasteiger partial charge in [0.1, 0.15) is 18.5 Å². The van der Waals surface area contributed by atoms with Crippen molar-refractivity contribution < 1.29 is 19.0 Å². The normalized spacial score (nSPS) is 20.3. The lowest BCUT2D eigenvalue weighted by Crippen LogP contribution is -2.46. The van der Waals surface area contributed by atoms with Gasteiger partial charge in [0.05, 0.1) is 18.3 Å². The van der Waals surface area contributed by atoms with Gasteiger partial charge < -0.3 is 24.4 Å². The summed E-state index contributed by atoms with van der Waals surface area (Å²) in [5.74, 6) is 0.762. The van der Waals surface area contributed by atoms with Gasteiger partial charge in [0.25, 0.3) is 5.91 Å². The maximum atomic E-state index is 13.7. The molecule has 32 heavy (non-hydrogen) atoms. The second kappa shape index (κ2) is 9.18. The van der Waals surface area contributed by atoms with E-state index in [-0.39, 0.29) is 18.2 Å². The van der Waals surface area contributed by atoms with Crippen LogP contribution < -0.4 is 10.1 Å². The molecule has 2 unspecified atom stereocenters. The second-order valence-corrected chi connectivity index (χ2v) is 8.22. The van der Waals surface area contributed by atoms with E-state index in [1.165, 1.54) is 0 Å². The van der Waals surface area contributed by atoms with E-state index >= 15 is 0 Å². The van der Waals surface area contributed by atoms with Crippen LogP contribution in [0.1, 0.15) is 34.9 Å². The Bertz CT molecular complexity index is 1110. The molecule has 0 radical (unpaired) electrons. The van der Waals surface area contributed by atoms with Crippen LogP contribution in [0.15, 0.2) is 60.7 Å². The Kier molecular flexibility index (Phi) is 5.97. The molecule has 2 heterocycles. The number of benzene rings is 3. The van der Waals surface area contributed by atoms with E-state index in [4.69, 9.17) is 14.2 Å². The van der Waals surface area contributed by atoms with E-state index < -0.39 is 0 Å². The Balaban J connectivity index is 1.62. The number of fused-ring (bicyclic) bond motifs is 2. The van der Waals surface area contributed by atoms with E-state index in [1.54, 1.807) is 7.11 Å². The molecular weight excluding hydrogens is 404 g/mol. The predicted molar refractivity (Wildman–Crippen MR) is 124 cm³/mol. The lowest BCUT2D eigenvalue weighted by atomic mass is 9.97. The molecule has 5 rings (SSSR count). The fourth-order valence-corrected chi connectivity index (χ4v) is 4.64. The van der Waals surface area contributed by atoms with Crippen molar-refractivity contribution in [3.05, 3.63) is 71.8 Å². The van der Waals surface area contributed by atoms with Gasteiger partial charge in [0, 0.05) is 31.5 Å². The van der Waals surface area contributed by atoms with Gasteiger partial charge in [-0.25, -0.2) is 0 Å². The summed E-state index contributed by atoms with van der Waals surface area (Å²) in [5.41, 5.74) is 2.48. The average Bonchev–Trinajstić information content (AvgIpc) is 3.34. The number of amides is 1. The molecule has 1 N–H and O–H groups in total. The van der Waals surface area contributed by atoms with E-state index in [2.05, 4.69) is 23.5 Å². The summed E-state index contributed by atoms with van der Waals surface area (Å²) in [5, 5.41) is 5.79. The lowest BCUT2D eigenvalue weighted by molar-refractivity contribution is 0.0424. The Hall–Kier alpha value is -3.09. The van der Waals surface area contributed by atoms with Gasteiger partial charge in [0.15, 0.2) is 0 Å². The highest BCUT2D eigenvalue weighted by atomic mass is 16.5. The minimum Gasteiger partial charge on any atom is -0.491 e. The maximum absolute atomic E-state index is 13.7. The highest BCUT2D eigenvalue weighted by Gasteiger charge is 2.37. The van der Waals surface area contributed by atoms with Crippen molar-refractivity contribution in [2.45, 2.75) is 25.1 Å². The van der Waals surface area contributed by atoms with Crippen molar-refractivity contribution in [2.24, 2.45) is 0 Å². The third kappa shape index (κ3) is 3.92. The van der Waals surface area contributed by atoms with Crippen LogP contribution in [0.4, 0.5) is 5.69 Å². The molecular formula is C26H28N2O4. The Morgan fingerprint density at radius 3 is 2.75 bits per heavy atom. The predicted octanol–water partition coefficient (Wildman–Crippen LogP) is 4.61. The molecule has 2 atom stereocenters. The minimum absolute atomic E-state index is 0.00984. The fourth-order valence-electron chi connectivity index (χ4n) is 4.64. The van der Waals surface area contributed by atoms with E-state index in [0.29, 0.717) is 25.3 Å². The first-order chi connectivity index (χ1) is 15.8. The molecule has 3 aromatic carbocycles. The monoisotopic (exact) mass is 432 g/mol. The number of para-hydroxylation sites is 1. The average molecular weight is 433 g/mol. The number of carbonyl (C=O) groups excluding carboxylic acids is 1. The van der Waals surface area contributed by atoms with Gasteiger partial charge in [-0.05, 0) is 41.8 Å². The first-order valence-corrected chi connectivity index (χ1v) is 11.2. The van der Waals surface area contributed by atoms with Gasteiger partial charge in [0.2, 0.25) is 0 Å². The number of methoxy groups -OCH3 is 1. The van der Waals surface area contributed by atoms with E-state index in [0.717, 1.165) is 47.2 Å². The zero-order chi connectivity index (χ0) is 21.9. The van der Waals surface area contributed by atoms with Crippen LogP contribution in [0.5, 0.6) is 5.75 Å². The number of hydrogen-bond donors (Lipinski definition) is 1. The molecule has 166 valence electrons. The first kappa shape index (κ1) is 20.8. The highest BCUT2D eigenvalue weighted by molar-refractivity contribution is 6.02. The minimum atomic E-state index is -0.370. The van der Waals surface area contributed by atoms with Crippen LogP contribution in [-0.4, -0.2) is 50.4 Å². The summed E-state index contributed by atoms with van der Waals surface area (Å²) in [6.45, 7) is 2.21. The number of rotatable bonds is 7. The molecule has 0 aromatic heterocycles. The Morgan fingerprint density at radius 1 is 1.06 bits per heavy atom. The third-order valence-corrected chi connectivity index (χ3v) is 6.20. The Morgan fingerprint density at radius 2 is 1.91 bits per heavy atom. The number of anilines is 1. The SMILES string of the molecule is COCCOc1ccc2ccccc2c1C1Nc2ccccc2C(=O)N1CC1CCCO1. The van der Waals surface area contributed by atoms with Crippen molar-refractivity contribution in [1.82, 2.24) is 4.90 Å². The molecule has 6 nitrogen and oxygen atoms in total. The van der Waals surface area contributed by atoms with Crippen molar-refractivity contribution in [3.63, 3.8) is 0 Å². The van der Waals surface area contributed by atoms with Crippen LogP contribution in [-0.2, 0) is 9.47 Å². The van der Waals surface area contributed by atoms with E-state index in [9.17, 15) is 4.79 Å². The van der Waals surface area contributed by atoms with Crippen LogP contribution in [0.25, 0.3) is 10.8 Å². The van der Waals surface area contributed by atoms with Crippen molar-refractivity contribution in [2.75, 3.05) is 38.8 Å². The molecule has 1 fully saturated rings. The summed E-state index contributed by atoms with van der Waals surface area (Å²) in [7, 11) is 1.66. The van der Waals surface area contributed by atoms with Gasteiger partial charge in [-0.15, -0.1) is 0 Å². The van der Waals surface area contributed by atoms with Crippen molar-refractivity contribution in [3.8, 4) is 5.75 Å². The van der Waals surface area contributed by atoms with E-state index in [1.807, 2.05) is 47.4 Å². The number of hydrogen-bond acceptors (Lipinski definition) is 5. The number of nitrogens with one attached hydrogen (secondary N) is 1. The Labute approximate surface area is 188 Å². The van der Waals surface area contributed by atoms with Crippen molar-refractivity contribution in [1.29, 1.82) is 0 Å². The quantitative estimate of drug-likeness (QED) is 0.553. The summed E-state index contributed by atoms with van der Waals surface area (Å²) in [4.78, 5) is 15.6.